The van der Waals surface area contributed by atoms with E-state index in [0.29, 0.717) is 33.6 Å². The minimum Gasteiger partial charge on any atom is -0.481 e. The highest BCUT2D eigenvalue weighted by Crippen LogP contribution is 2.27. The number of nitrogens with one attached hydrogen (secondary N) is 2. The number of ether oxygens (including phenoxy) is 1. The maximum absolute atomic E-state index is 13.1. The molecule has 4 rings (SSSR count). The first-order valence-corrected chi connectivity index (χ1v) is 9.30. The third-order valence-electron chi connectivity index (χ3n) is 5.03. The van der Waals surface area contributed by atoms with Crippen LogP contribution in [0.5, 0.6) is 5.88 Å². The summed E-state index contributed by atoms with van der Waals surface area (Å²) in [5.41, 5.74) is 2.96. The van der Waals surface area contributed by atoms with E-state index >= 15 is 0 Å². The second-order valence-corrected chi connectivity index (χ2v) is 6.74. The molecule has 4 aromatic rings. The molecule has 30 heavy (non-hydrogen) atoms. The maximum Gasteiger partial charge on any atom is 0.263 e. The first-order valence-electron chi connectivity index (χ1n) is 9.30. The van der Waals surface area contributed by atoms with Crippen molar-refractivity contribution in [2.45, 2.75) is 13.0 Å². The number of benzene rings is 1. The van der Waals surface area contributed by atoms with Gasteiger partial charge in [-0.1, -0.05) is 12.1 Å². The van der Waals surface area contributed by atoms with Crippen LogP contribution < -0.4 is 15.6 Å². The zero-order valence-corrected chi connectivity index (χ0v) is 16.7. The van der Waals surface area contributed by atoms with Crippen LogP contribution in [0.15, 0.2) is 53.8 Å². The number of H-pyrrole nitrogens is 1. The predicted molar refractivity (Wildman–Crippen MR) is 112 cm³/mol. The normalized spacial score (nSPS) is 12.0. The minimum atomic E-state index is -0.312. The van der Waals surface area contributed by atoms with Crippen molar-refractivity contribution in [1.82, 2.24) is 30.0 Å². The van der Waals surface area contributed by atoms with Crippen LogP contribution in [0, 0.1) is 0 Å². The van der Waals surface area contributed by atoms with Crippen molar-refractivity contribution in [3.63, 3.8) is 0 Å². The fourth-order valence-electron chi connectivity index (χ4n) is 3.31. The molecule has 0 radical (unpaired) electrons. The fourth-order valence-corrected chi connectivity index (χ4v) is 3.31. The predicted octanol–water partition coefficient (Wildman–Crippen LogP) is 2.16. The SMILES string of the molecule is CNC(=O)c1cccc(C(C)n2cnc3cc(-c4cn[nH]c4OC)ncc3c2=O)c1. The Kier molecular flexibility index (Phi) is 5.01. The molecule has 9 nitrogen and oxygen atoms in total. The van der Waals surface area contributed by atoms with Crippen LogP contribution in [0.2, 0.25) is 0 Å². The highest BCUT2D eigenvalue weighted by atomic mass is 16.5. The van der Waals surface area contributed by atoms with E-state index < -0.39 is 0 Å². The van der Waals surface area contributed by atoms with Gasteiger partial charge in [-0.15, -0.1) is 0 Å². The van der Waals surface area contributed by atoms with E-state index in [1.807, 2.05) is 13.0 Å². The Hall–Kier alpha value is -4.01. The van der Waals surface area contributed by atoms with Crippen molar-refractivity contribution >= 4 is 16.8 Å². The fraction of sp³-hybridized carbons (Fsp3) is 0.190. The summed E-state index contributed by atoms with van der Waals surface area (Å²) in [6, 6.07) is 8.58. The van der Waals surface area contributed by atoms with Crippen molar-refractivity contribution in [2.75, 3.05) is 14.2 Å². The highest BCUT2D eigenvalue weighted by Gasteiger charge is 2.16. The van der Waals surface area contributed by atoms with Gasteiger partial charge in [-0.2, -0.15) is 5.10 Å². The van der Waals surface area contributed by atoms with E-state index in [2.05, 4.69) is 25.5 Å². The second-order valence-electron chi connectivity index (χ2n) is 6.74. The van der Waals surface area contributed by atoms with Gasteiger partial charge in [-0.3, -0.25) is 19.1 Å². The molecule has 1 atom stereocenters. The summed E-state index contributed by atoms with van der Waals surface area (Å²) in [5.74, 6) is 0.305. The number of rotatable bonds is 5. The van der Waals surface area contributed by atoms with Gasteiger partial charge in [0.05, 0.1) is 47.8 Å². The Balaban J connectivity index is 1.74. The molecule has 0 aliphatic carbocycles. The van der Waals surface area contributed by atoms with Crippen molar-refractivity contribution in [3.8, 4) is 17.1 Å². The average Bonchev–Trinajstić information content (AvgIpc) is 3.27. The van der Waals surface area contributed by atoms with E-state index in [1.54, 1.807) is 37.5 Å². The van der Waals surface area contributed by atoms with Crippen LogP contribution >= 0.6 is 0 Å². The number of carbonyl (C=O) groups is 1. The molecule has 9 heteroatoms. The average molecular weight is 404 g/mol. The Bertz CT molecular complexity index is 1290. The lowest BCUT2D eigenvalue weighted by atomic mass is 10.0. The molecular formula is C21H20N6O3. The Morgan fingerprint density at radius 3 is 2.83 bits per heavy atom. The minimum absolute atomic E-state index is 0.181. The lowest BCUT2D eigenvalue weighted by Crippen LogP contribution is -2.25. The van der Waals surface area contributed by atoms with E-state index in [0.717, 1.165) is 5.56 Å². The number of pyridine rings is 1. The molecule has 1 unspecified atom stereocenters. The van der Waals surface area contributed by atoms with E-state index in [9.17, 15) is 9.59 Å². The monoisotopic (exact) mass is 404 g/mol. The third kappa shape index (κ3) is 3.30. The number of carbonyl (C=O) groups excluding carboxylic acids is 1. The van der Waals surface area contributed by atoms with Gasteiger partial charge in [0.25, 0.3) is 11.5 Å². The van der Waals surface area contributed by atoms with E-state index in [1.165, 1.54) is 24.2 Å². The molecule has 3 heterocycles. The molecule has 0 bridgehead atoms. The quantitative estimate of drug-likeness (QED) is 0.527. The number of hydrogen-bond donors (Lipinski definition) is 2. The Morgan fingerprint density at radius 2 is 2.07 bits per heavy atom. The topological polar surface area (TPSA) is 115 Å². The molecule has 1 amide bonds. The van der Waals surface area contributed by atoms with Crippen molar-refractivity contribution in [1.29, 1.82) is 0 Å². The number of hydrogen-bond acceptors (Lipinski definition) is 6. The van der Waals surface area contributed by atoms with E-state index in [-0.39, 0.29) is 17.5 Å². The summed E-state index contributed by atoms with van der Waals surface area (Å²) < 4.78 is 6.77. The number of aromatic amines is 1. The number of amides is 1. The van der Waals surface area contributed by atoms with Gasteiger partial charge in [0, 0.05) is 18.8 Å². The molecule has 1 aromatic carbocycles. The van der Waals surface area contributed by atoms with Gasteiger partial charge < -0.3 is 10.1 Å². The molecule has 0 saturated heterocycles. The van der Waals surface area contributed by atoms with Crippen LogP contribution in [-0.2, 0) is 0 Å². The van der Waals surface area contributed by atoms with Gasteiger partial charge in [0.2, 0.25) is 5.88 Å². The molecule has 0 aliphatic heterocycles. The van der Waals surface area contributed by atoms with Crippen molar-refractivity contribution in [3.05, 3.63) is 70.5 Å². The number of fused-ring (bicyclic) bond motifs is 1. The lowest BCUT2D eigenvalue weighted by molar-refractivity contribution is 0.0963. The molecule has 0 fully saturated rings. The second kappa shape index (κ2) is 7.78. The van der Waals surface area contributed by atoms with Gasteiger partial charge >= 0.3 is 0 Å². The van der Waals surface area contributed by atoms with Crippen LogP contribution in [0.4, 0.5) is 0 Å². The third-order valence-corrected chi connectivity index (χ3v) is 5.03. The van der Waals surface area contributed by atoms with Crippen molar-refractivity contribution in [2.24, 2.45) is 0 Å². The standard InChI is InChI=1S/C21H20N6O3/c1-12(13-5-4-6-14(7-13)19(28)22-2)27-11-24-18-8-17(23-9-16(18)21(27)29)15-10-25-26-20(15)30-3/h4-12H,1-3H3,(H,22,28)(H,25,26). The number of aromatic nitrogens is 5. The molecule has 0 saturated carbocycles. The number of methoxy groups -OCH3 is 1. The Morgan fingerprint density at radius 1 is 1.23 bits per heavy atom. The first kappa shape index (κ1) is 19.3. The molecular weight excluding hydrogens is 384 g/mol. The largest absolute Gasteiger partial charge is 0.481 e. The Labute approximate surface area is 171 Å². The van der Waals surface area contributed by atoms with Gasteiger partial charge in [0.1, 0.15) is 0 Å². The van der Waals surface area contributed by atoms with Gasteiger partial charge in [-0.05, 0) is 30.7 Å². The summed E-state index contributed by atoms with van der Waals surface area (Å²) >= 11 is 0. The summed E-state index contributed by atoms with van der Waals surface area (Å²) in [7, 11) is 3.12. The van der Waals surface area contributed by atoms with Crippen LogP contribution in [0.3, 0.4) is 0 Å². The zero-order chi connectivity index (χ0) is 21.3. The van der Waals surface area contributed by atoms with Gasteiger partial charge in [0.15, 0.2) is 0 Å². The van der Waals surface area contributed by atoms with E-state index in [4.69, 9.17) is 4.74 Å². The maximum atomic E-state index is 13.1. The summed E-state index contributed by atoms with van der Waals surface area (Å²) in [6.07, 6.45) is 4.63. The molecule has 0 spiro atoms. The highest BCUT2D eigenvalue weighted by molar-refractivity contribution is 5.94. The van der Waals surface area contributed by atoms with Gasteiger partial charge in [-0.25, -0.2) is 10.1 Å². The smallest absolute Gasteiger partial charge is 0.263 e. The first-order chi connectivity index (χ1) is 14.5. The molecule has 2 N–H and O–H groups in total. The zero-order valence-electron chi connectivity index (χ0n) is 16.7. The number of nitrogens with zero attached hydrogens (tertiary/aromatic N) is 4. The van der Waals surface area contributed by atoms with Crippen LogP contribution in [0.1, 0.15) is 28.9 Å². The van der Waals surface area contributed by atoms with Crippen LogP contribution in [-0.4, -0.2) is 44.8 Å². The summed E-state index contributed by atoms with van der Waals surface area (Å²) in [5, 5.41) is 9.71. The molecule has 0 aliphatic rings. The summed E-state index contributed by atoms with van der Waals surface area (Å²) in [6.45, 7) is 1.88. The van der Waals surface area contributed by atoms with Crippen LogP contribution in [0.25, 0.3) is 22.2 Å². The lowest BCUT2D eigenvalue weighted by Gasteiger charge is -2.16. The molecule has 3 aromatic heterocycles. The summed E-state index contributed by atoms with van der Waals surface area (Å²) in [4.78, 5) is 33.9. The van der Waals surface area contributed by atoms with Crippen molar-refractivity contribution < 1.29 is 9.53 Å². The molecule has 152 valence electrons.